The molecule has 1 aliphatic rings. The Labute approximate surface area is 352 Å². The van der Waals surface area contributed by atoms with Gasteiger partial charge in [-0.25, -0.2) is 18.4 Å². The minimum absolute atomic E-state index is 0.000592. The fraction of sp³-hybridized carbons (Fsp3) is 0.476. The largest absolute Gasteiger partial charge is 0.511 e. The molecule has 1 unspecified atom stereocenters. The summed E-state index contributed by atoms with van der Waals surface area (Å²) in [6.45, 7) is 10.3. The molecule has 0 saturated carbocycles. The van der Waals surface area contributed by atoms with Crippen LogP contribution in [-0.2, 0) is 38.6 Å². The number of carbonyl (C=O) groups is 3. The number of hydrogen-bond donors (Lipinski definition) is 3. The lowest BCUT2D eigenvalue weighted by molar-refractivity contribution is -0.118. The van der Waals surface area contributed by atoms with E-state index in [9.17, 15) is 19.8 Å². The van der Waals surface area contributed by atoms with Crippen LogP contribution in [0.1, 0.15) is 68.4 Å². The van der Waals surface area contributed by atoms with Crippen molar-refractivity contribution in [3.05, 3.63) is 93.0 Å². The van der Waals surface area contributed by atoms with Gasteiger partial charge >= 0.3 is 12.1 Å². The molecule has 1 aliphatic heterocycles. The predicted molar refractivity (Wildman–Crippen MR) is 218 cm³/mol. The third-order valence-corrected chi connectivity index (χ3v) is 10.2. The minimum Gasteiger partial charge on any atom is -0.495 e. The number of benzene rings is 3. The zero-order valence-corrected chi connectivity index (χ0v) is 35.6. The number of esters is 1. The van der Waals surface area contributed by atoms with Crippen LogP contribution in [0, 0.1) is 22.5 Å². The van der Waals surface area contributed by atoms with Crippen molar-refractivity contribution in [1.82, 2.24) is 5.32 Å². The van der Waals surface area contributed by atoms with Crippen molar-refractivity contribution in [1.29, 1.82) is 5.41 Å². The summed E-state index contributed by atoms with van der Waals surface area (Å²) < 4.78 is 68.6. The van der Waals surface area contributed by atoms with Crippen LogP contribution in [0.5, 0.6) is 5.75 Å². The number of carbonyl (C=O) groups excluding carboxylic acids is 3. The van der Waals surface area contributed by atoms with Crippen molar-refractivity contribution in [2.24, 2.45) is 5.41 Å². The van der Waals surface area contributed by atoms with Crippen molar-refractivity contribution >= 4 is 52.6 Å². The third kappa shape index (κ3) is 11.9. The molecule has 3 N–H and O–H groups in total. The molecule has 1 heterocycles. The van der Waals surface area contributed by atoms with Gasteiger partial charge in [-0.1, -0.05) is 62.2 Å². The van der Waals surface area contributed by atoms with Gasteiger partial charge in [-0.2, -0.15) is 0 Å². The van der Waals surface area contributed by atoms with E-state index in [1.54, 1.807) is 7.11 Å². The SMILES string of the molecule is COCCOCCOCCOC(=O)OC(C)OC(=O)c1ccc(NC(=O)[C@@H]2N[C@@H](CC(C)(C)C)[C@](C(C)=N)(c3ccc(Cl)cc3F)[C@H]2c2cccc(Cl)c2F)c(OC)c1. The highest BCUT2D eigenvalue weighted by atomic mass is 35.5. The van der Waals surface area contributed by atoms with E-state index < -0.39 is 64.8 Å². The van der Waals surface area contributed by atoms with E-state index in [1.807, 2.05) is 20.8 Å². The van der Waals surface area contributed by atoms with Gasteiger partial charge in [0.25, 0.3) is 0 Å². The molecular formula is C42H51Cl2F2N3O10. The molecule has 17 heteroatoms. The lowest BCUT2D eigenvalue weighted by Crippen LogP contribution is -2.50. The fourth-order valence-electron chi connectivity index (χ4n) is 7.24. The van der Waals surface area contributed by atoms with E-state index in [2.05, 4.69) is 10.6 Å². The number of methoxy groups -OCH3 is 2. The molecule has 0 bridgehead atoms. The molecule has 59 heavy (non-hydrogen) atoms. The Bertz CT molecular complexity index is 1970. The van der Waals surface area contributed by atoms with Crippen LogP contribution in [0.4, 0.5) is 19.3 Å². The molecule has 0 aliphatic carbocycles. The van der Waals surface area contributed by atoms with Crippen LogP contribution in [0.2, 0.25) is 10.0 Å². The van der Waals surface area contributed by atoms with Gasteiger partial charge in [-0.15, -0.1) is 0 Å². The number of amides is 1. The summed E-state index contributed by atoms with van der Waals surface area (Å²) in [7, 11) is 2.89. The highest BCUT2D eigenvalue weighted by molar-refractivity contribution is 6.31. The Morgan fingerprint density at radius 1 is 0.932 bits per heavy atom. The third-order valence-electron chi connectivity index (χ3n) is 9.65. The summed E-state index contributed by atoms with van der Waals surface area (Å²) in [6.07, 6.45) is -2.08. The first-order valence-corrected chi connectivity index (χ1v) is 19.6. The smallest absolute Gasteiger partial charge is 0.495 e. The molecule has 13 nitrogen and oxygen atoms in total. The Morgan fingerprint density at radius 2 is 1.61 bits per heavy atom. The first-order valence-electron chi connectivity index (χ1n) is 18.8. The molecule has 322 valence electrons. The Hall–Kier alpha value is -4.38. The minimum atomic E-state index is -1.61. The maximum Gasteiger partial charge on any atom is 0.511 e. The maximum absolute atomic E-state index is 16.2. The molecule has 1 fully saturated rings. The summed E-state index contributed by atoms with van der Waals surface area (Å²) in [5, 5.41) is 15.4. The van der Waals surface area contributed by atoms with Crippen molar-refractivity contribution in [3.8, 4) is 5.75 Å². The molecule has 3 aromatic rings. The van der Waals surface area contributed by atoms with Gasteiger partial charge in [0.05, 0.1) is 67.9 Å². The van der Waals surface area contributed by atoms with E-state index in [0.29, 0.717) is 26.2 Å². The monoisotopic (exact) mass is 865 g/mol. The van der Waals surface area contributed by atoms with Crippen molar-refractivity contribution in [2.75, 3.05) is 59.2 Å². The van der Waals surface area contributed by atoms with Crippen LogP contribution in [0.25, 0.3) is 0 Å². The van der Waals surface area contributed by atoms with E-state index >= 15 is 8.78 Å². The summed E-state index contributed by atoms with van der Waals surface area (Å²) in [6, 6.07) is 10.5. The second kappa shape index (κ2) is 21.2. The summed E-state index contributed by atoms with van der Waals surface area (Å²) in [5.74, 6) is -4.23. The van der Waals surface area contributed by atoms with Gasteiger partial charge in [-0.3, -0.25) is 4.79 Å². The Kier molecular flexibility index (Phi) is 17.0. The second-order valence-corrected chi connectivity index (χ2v) is 15.9. The molecule has 4 rings (SSSR count). The van der Waals surface area contributed by atoms with Gasteiger partial charge in [0.15, 0.2) is 0 Å². The van der Waals surface area contributed by atoms with E-state index in [-0.39, 0.29) is 63.7 Å². The van der Waals surface area contributed by atoms with Crippen LogP contribution >= 0.6 is 23.2 Å². The quantitative estimate of drug-likeness (QED) is 0.0462. The van der Waals surface area contributed by atoms with Gasteiger partial charge in [0.1, 0.15) is 24.0 Å². The lowest BCUT2D eigenvalue weighted by Gasteiger charge is -2.42. The number of hydrogen-bond acceptors (Lipinski definition) is 12. The number of rotatable bonds is 19. The number of ether oxygens (including phenoxy) is 7. The van der Waals surface area contributed by atoms with Crippen LogP contribution in [0.3, 0.4) is 0 Å². The Morgan fingerprint density at radius 3 is 2.24 bits per heavy atom. The molecule has 0 radical (unpaired) electrons. The average molecular weight is 867 g/mol. The van der Waals surface area contributed by atoms with Crippen molar-refractivity contribution in [3.63, 3.8) is 0 Å². The number of anilines is 1. The molecule has 1 amide bonds. The zero-order valence-electron chi connectivity index (χ0n) is 34.0. The molecule has 1 saturated heterocycles. The second-order valence-electron chi connectivity index (χ2n) is 15.0. The number of nitrogens with one attached hydrogen (secondary N) is 3. The van der Waals surface area contributed by atoms with E-state index in [0.717, 1.165) is 6.07 Å². The zero-order chi connectivity index (χ0) is 43.5. The van der Waals surface area contributed by atoms with E-state index in [1.165, 1.54) is 69.5 Å². The molecule has 5 atom stereocenters. The number of halogens is 4. The van der Waals surface area contributed by atoms with Crippen LogP contribution in [-0.4, -0.2) is 96.0 Å². The lowest BCUT2D eigenvalue weighted by atomic mass is 9.59. The first kappa shape index (κ1) is 47.3. The van der Waals surface area contributed by atoms with Crippen molar-refractivity contribution < 1.29 is 56.3 Å². The van der Waals surface area contributed by atoms with E-state index in [4.69, 9.17) is 56.4 Å². The summed E-state index contributed by atoms with van der Waals surface area (Å²) >= 11 is 12.5. The van der Waals surface area contributed by atoms with Gasteiger partial charge in [0, 0.05) is 42.3 Å². The average Bonchev–Trinajstić information content (AvgIpc) is 3.49. The highest BCUT2D eigenvalue weighted by Crippen LogP contribution is 2.54. The normalized spacial score (nSPS) is 19.5. The van der Waals surface area contributed by atoms with Crippen LogP contribution < -0.4 is 15.4 Å². The summed E-state index contributed by atoms with van der Waals surface area (Å²) in [4.78, 5) is 39.7. The molecule has 3 aromatic carbocycles. The fourth-order valence-corrected chi connectivity index (χ4v) is 7.58. The predicted octanol–water partition coefficient (Wildman–Crippen LogP) is 8.09. The topological polar surface area (TPSA) is 164 Å². The molecule has 0 spiro atoms. The highest BCUT2D eigenvalue weighted by Gasteiger charge is 2.61. The van der Waals surface area contributed by atoms with Gasteiger partial charge < -0.3 is 49.2 Å². The molecular weight excluding hydrogens is 815 g/mol. The van der Waals surface area contributed by atoms with Gasteiger partial charge in [-0.05, 0) is 60.7 Å². The molecule has 0 aromatic heterocycles. The summed E-state index contributed by atoms with van der Waals surface area (Å²) in [5.41, 5.74) is -1.84. The standard InChI is InChI=1S/C42H51Cl2F2N3O10/c1-24(47)42(29-13-12-27(43)22-31(29)45)34(23-41(3,4)5)49-37(35(42)28-9-8-10-30(44)36(28)46)38(50)48-32-14-11-26(21-33(32)54-7)39(51)58-25(2)59-40(52)57-20-19-56-18-17-55-16-15-53-6/h8-14,21-22,25,34-35,37,47,49H,15-20,23H2,1-7H3,(H,48,50)/t25?,34-,35-,37+,42-/m0/s1. The Balaban J connectivity index is 1.56. The first-order chi connectivity index (χ1) is 27.9. The maximum atomic E-state index is 16.2. The van der Waals surface area contributed by atoms with Crippen molar-refractivity contribution in [2.45, 2.75) is 70.7 Å². The van der Waals surface area contributed by atoms with Gasteiger partial charge in [0.2, 0.25) is 12.2 Å². The van der Waals surface area contributed by atoms with Crippen LogP contribution in [0.15, 0.2) is 54.6 Å².